The summed E-state index contributed by atoms with van der Waals surface area (Å²) in [7, 11) is -3.22. The zero-order valence-electron chi connectivity index (χ0n) is 13.2. The van der Waals surface area contributed by atoms with Crippen molar-refractivity contribution in [1.29, 1.82) is 0 Å². The van der Waals surface area contributed by atoms with Crippen molar-refractivity contribution in [2.45, 2.75) is 13.0 Å². The van der Waals surface area contributed by atoms with E-state index in [0.29, 0.717) is 34.3 Å². The van der Waals surface area contributed by atoms with E-state index in [1.807, 2.05) is 0 Å². The van der Waals surface area contributed by atoms with Crippen molar-refractivity contribution in [2.75, 3.05) is 16.6 Å². The zero-order valence-corrected chi connectivity index (χ0v) is 15.5. The lowest BCUT2D eigenvalue weighted by Crippen LogP contribution is -2.25. The van der Waals surface area contributed by atoms with Crippen LogP contribution in [-0.2, 0) is 16.6 Å². The normalized spacial score (nSPS) is 16.0. The van der Waals surface area contributed by atoms with Gasteiger partial charge >= 0.3 is 0 Å². The summed E-state index contributed by atoms with van der Waals surface area (Å²) in [6.07, 6.45) is 0.617. The largest absolute Gasteiger partial charge is 0.348 e. The molecule has 1 aliphatic rings. The summed E-state index contributed by atoms with van der Waals surface area (Å²) < 4.78 is 25.2. The Morgan fingerprint density at radius 2 is 1.84 bits per heavy atom. The molecule has 5 nitrogen and oxygen atoms in total. The molecule has 1 N–H and O–H groups in total. The van der Waals surface area contributed by atoms with Gasteiger partial charge < -0.3 is 5.32 Å². The van der Waals surface area contributed by atoms with Gasteiger partial charge in [-0.3, -0.25) is 9.10 Å². The van der Waals surface area contributed by atoms with Gasteiger partial charge in [0.05, 0.1) is 11.4 Å². The smallest absolute Gasteiger partial charge is 0.251 e. The Labute approximate surface area is 156 Å². The predicted octanol–water partition coefficient (Wildman–Crippen LogP) is 3.46. The van der Waals surface area contributed by atoms with Gasteiger partial charge in [-0.15, -0.1) is 0 Å². The quantitative estimate of drug-likeness (QED) is 0.856. The van der Waals surface area contributed by atoms with Gasteiger partial charge in [0, 0.05) is 28.7 Å². The summed E-state index contributed by atoms with van der Waals surface area (Å²) >= 11 is 11.9. The van der Waals surface area contributed by atoms with Crippen LogP contribution in [0.15, 0.2) is 42.5 Å². The lowest BCUT2D eigenvalue weighted by atomic mass is 10.1. The maximum atomic E-state index is 12.2. The number of hydrogen-bond acceptors (Lipinski definition) is 3. The van der Waals surface area contributed by atoms with Gasteiger partial charge in [0.15, 0.2) is 0 Å². The molecule has 0 bridgehead atoms. The first kappa shape index (κ1) is 18.0. The predicted molar refractivity (Wildman–Crippen MR) is 99.8 cm³/mol. The average molecular weight is 399 g/mol. The molecule has 0 aliphatic carbocycles. The minimum absolute atomic E-state index is 0.164. The summed E-state index contributed by atoms with van der Waals surface area (Å²) in [5.41, 5.74) is 1.79. The van der Waals surface area contributed by atoms with Crippen LogP contribution in [0.5, 0.6) is 0 Å². The van der Waals surface area contributed by atoms with E-state index in [1.165, 1.54) is 4.31 Å². The van der Waals surface area contributed by atoms with Crippen molar-refractivity contribution in [1.82, 2.24) is 5.32 Å². The number of benzene rings is 2. The van der Waals surface area contributed by atoms with Gasteiger partial charge in [-0.05, 0) is 48.4 Å². The van der Waals surface area contributed by atoms with Crippen molar-refractivity contribution in [2.24, 2.45) is 0 Å². The van der Waals surface area contributed by atoms with E-state index in [0.717, 1.165) is 5.56 Å². The van der Waals surface area contributed by atoms with E-state index in [4.69, 9.17) is 23.2 Å². The van der Waals surface area contributed by atoms with Crippen molar-refractivity contribution in [3.05, 3.63) is 63.6 Å². The molecule has 1 aliphatic heterocycles. The maximum Gasteiger partial charge on any atom is 0.251 e. The molecule has 1 saturated heterocycles. The second-order valence-electron chi connectivity index (χ2n) is 5.71. The summed E-state index contributed by atoms with van der Waals surface area (Å²) in [5.74, 6) is -0.0984. The third-order valence-electron chi connectivity index (χ3n) is 3.97. The lowest BCUT2D eigenvalue weighted by Gasteiger charge is -2.17. The fourth-order valence-electron chi connectivity index (χ4n) is 2.65. The van der Waals surface area contributed by atoms with Crippen LogP contribution >= 0.6 is 23.2 Å². The average Bonchev–Trinajstić information content (AvgIpc) is 2.93. The number of nitrogens with zero attached hydrogens (tertiary/aromatic N) is 1. The third-order valence-corrected chi connectivity index (χ3v) is 6.43. The number of halogens is 2. The van der Waals surface area contributed by atoms with Crippen molar-refractivity contribution < 1.29 is 13.2 Å². The van der Waals surface area contributed by atoms with Gasteiger partial charge in [-0.25, -0.2) is 8.42 Å². The molecule has 2 aromatic carbocycles. The minimum atomic E-state index is -3.22. The SMILES string of the molecule is O=C(NCc1ccc(Cl)cc1Cl)c1ccc(N2CCCS2(=O)=O)cc1. The van der Waals surface area contributed by atoms with Crippen LogP contribution in [0.25, 0.3) is 0 Å². The Hall–Kier alpha value is -1.76. The molecule has 0 spiro atoms. The topological polar surface area (TPSA) is 66.5 Å². The number of carbonyl (C=O) groups excluding carboxylic acids is 1. The molecule has 0 saturated carbocycles. The van der Waals surface area contributed by atoms with Crippen LogP contribution in [0, 0.1) is 0 Å². The van der Waals surface area contributed by atoms with Crippen LogP contribution in [0.2, 0.25) is 10.0 Å². The van der Waals surface area contributed by atoms with Gasteiger partial charge in [0.25, 0.3) is 5.91 Å². The highest BCUT2D eigenvalue weighted by molar-refractivity contribution is 7.93. The second kappa shape index (κ2) is 7.23. The van der Waals surface area contributed by atoms with Crippen LogP contribution < -0.4 is 9.62 Å². The maximum absolute atomic E-state index is 12.2. The second-order valence-corrected chi connectivity index (χ2v) is 8.56. The first-order chi connectivity index (χ1) is 11.9. The van der Waals surface area contributed by atoms with Crippen LogP contribution in [0.3, 0.4) is 0 Å². The van der Waals surface area contributed by atoms with Gasteiger partial charge in [0.2, 0.25) is 10.0 Å². The monoisotopic (exact) mass is 398 g/mol. The molecule has 0 radical (unpaired) electrons. The number of anilines is 1. The van der Waals surface area contributed by atoms with Crippen LogP contribution in [0.1, 0.15) is 22.3 Å². The molecule has 132 valence electrons. The number of sulfonamides is 1. The van der Waals surface area contributed by atoms with E-state index >= 15 is 0 Å². The summed E-state index contributed by atoms with van der Waals surface area (Å²) in [6, 6.07) is 11.6. The number of carbonyl (C=O) groups is 1. The van der Waals surface area contributed by atoms with Gasteiger partial charge in [0.1, 0.15) is 0 Å². The van der Waals surface area contributed by atoms with Crippen molar-refractivity contribution in [3.63, 3.8) is 0 Å². The zero-order chi connectivity index (χ0) is 18.0. The van der Waals surface area contributed by atoms with E-state index in [9.17, 15) is 13.2 Å². The molecule has 1 heterocycles. The van der Waals surface area contributed by atoms with E-state index < -0.39 is 10.0 Å². The molecule has 25 heavy (non-hydrogen) atoms. The van der Waals surface area contributed by atoms with Gasteiger partial charge in [-0.1, -0.05) is 29.3 Å². The summed E-state index contributed by atoms with van der Waals surface area (Å²) in [5, 5.41) is 3.81. The first-order valence-electron chi connectivity index (χ1n) is 7.69. The fourth-order valence-corrected chi connectivity index (χ4v) is 4.69. The highest BCUT2D eigenvalue weighted by Gasteiger charge is 2.28. The van der Waals surface area contributed by atoms with Crippen LogP contribution in [0.4, 0.5) is 5.69 Å². The molecule has 3 rings (SSSR count). The highest BCUT2D eigenvalue weighted by Crippen LogP contribution is 2.24. The Kier molecular flexibility index (Phi) is 5.22. The molecule has 1 fully saturated rings. The van der Waals surface area contributed by atoms with Gasteiger partial charge in [-0.2, -0.15) is 0 Å². The summed E-state index contributed by atoms with van der Waals surface area (Å²) in [4.78, 5) is 12.2. The fraction of sp³-hybridized carbons (Fsp3) is 0.235. The lowest BCUT2D eigenvalue weighted by molar-refractivity contribution is 0.0951. The molecule has 2 aromatic rings. The Morgan fingerprint density at radius 3 is 2.44 bits per heavy atom. The third kappa shape index (κ3) is 4.08. The number of rotatable bonds is 4. The molecule has 0 aromatic heterocycles. The van der Waals surface area contributed by atoms with Crippen molar-refractivity contribution >= 4 is 44.8 Å². The number of hydrogen-bond donors (Lipinski definition) is 1. The van der Waals surface area contributed by atoms with E-state index in [1.54, 1.807) is 42.5 Å². The first-order valence-corrected chi connectivity index (χ1v) is 10.1. The Balaban J connectivity index is 1.67. The highest BCUT2D eigenvalue weighted by atomic mass is 35.5. The Morgan fingerprint density at radius 1 is 1.12 bits per heavy atom. The molecule has 1 amide bonds. The van der Waals surface area contributed by atoms with Crippen LogP contribution in [-0.4, -0.2) is 26.6 Å². The molecular formula is C17H16Cl2N2O3S. The Bertz CT molecular complexity index is 899. The molecule has 0 unspecified atom stereocenters. The number of amides is 1. The molecule has 8 heteroatoms. The molecule has 0 atom stereocenters. The van der Waals surface area contributed by atoms with E-state index in [-0.39, 0.29) is 18.2 Å². The number of nitrogens with one attached hydrogen (secondary N) is 1. The van der Waals surface area contributed by atoms with Crippen molar-refractivity contribution in [3.8, 4) is 0 Å². The molecular weight excluding hydrogens is 383 g/mol. The standard InChI is InChI=1S/C17H16Cl2N2O3S/c18-14-5-2-13(16(19)10-14)11-20-17(22)12-3-6-15(7-4-12)21-8-1-9-25(21,23)24/h2-7,10H,1,8-9,11H2,(H,20,22). The minimum Gasteiger partial charge on any atom is -0.348 e. The van der Waals surface area contributed by atoms with E-state index in [2.05, 4.69) is 5.32 Å². The summed E-state index contributed by atoms with van der Waals surface area (Å²) in [6.45, 7) is 0.750.